The van der Waals surface area contributed by atoms with Crippen molar-refractivity contribution < 1.29 is 23.1 Å². The molecule has 0 bridgehead atoms. The van der Waals surface area contributed by atoms with Crippen molar-refractivity contribution in [2.45, 2.75) is 19.1 Å². The van der Waals surface area contributed by atoms with Crippen LogP contribution < -0.4 is 5.32 Å². The fraction of sp³-hybridized carbons (Fsp3) is 0.235. The maximum absolute atomic E-state index is 13.2. The van der Waals surface area contributed by atoms with Crippen molar-refractivity contribution in [3.63, 3.8) is 0 Å². The average molecular weight is 427 g/mol. The summed E-state index contributed by atoms with van der Waals surface area (Å²) in [5, 5.41) is 21.6. The van der Waals surface area contributed by atoms with Gasteiger partial charge in [0.2, 0.25) is 0 Å². The fourth-order valence-corrected chi connectivity index (χ4v) is 2.56. The van der Waals surface area contributed by atoms with Gasteiger partial charge in [-0.3, -0.25) is 9.78 Å². The first-order chi connectivity index (χ1) is 13.7. The highest BCUT2D eigenvalue weighted by atomic mass is 35.5. The molecule has 0 fully saturated rings. The number of carbonyl (C=O) groups is 1. The largest absolute Gasteiger partial charge is 0.453 e. The molecule has 1 atom stereocenters. The van der Waals surface area contributed by atoms with Crippen molar-refractivity contribution in [3.8, 4) is 16.9 Å². The van der Waals surface area contributed by atoms with Gasteiger partial charge < -0.3 is 10.4 Å². The highest BCUT2D eigenvalue weighted by Gasteiger charge is 2.38. The number of amides is 1. The molecule has 3 rings (SSSR count). The maximum Gasteiger partial charge on any atom is 0.453 e. The van der Waals surface area contributed by atoms with Gasteiger partial charge in [0.25, 0.3) is 11.7 Å². The van der Waals surface area contributed by atoms with Crippen LogP contribution in [0, 0.1) is 0 Å². The molecule has 8 nitrogen and oxygen atoms in total. The molecule has 1 unspecified atom stereocenters. The summed E-state index contributed by atoms with van der Waals surface area (Å²) in [5.41, 5.74) is 0.684. The van der Waals surface area contributed by atoms with Gasteiger partial charge in [-0.2, -0.15) is 17.9 Å². The standard InChI is InChI=1S/C17H14ClF3N6O2/c1-9(8-28)23-15(29)11-4-10(14-3-2-12(18)7-22-14)5-13(6-11)27-16(17(19,20)21)24-25-26-27/h2-7,9,28H,8H2,1H3,(H,23,29). The van der Waals surface area contributed by atoms with Gasteiger partial charge >= 0.3 is 6.18 Å². The van der Waals surface area contributed by atoms with Crippen LogP contribution in [0.25, 0.3) is 16.9 Å². The molecule has 29 heavy (non-hydrogen) atoms. The van der Waals surface area contributed by atoms with Crippen LogP contribution in [0.5, 0.6) is 0 Å². The first-order valence-corrected chi connectivity index (χ1v) is 8.61. The number of aliphatic hydroxyl groups is 1. The number of tetrazole rings is 1. The molecule has 3 aromatic rings. The number of aromatic nitrogens is 5. The average Bonchev–Trinajstić information content (AvgIpc) is 3.18. The van der Waals surface area contributed by atoms with Crippen molar-refractivity contribution in [1.82, 2.24) is 30.5 Å². The zero-order chi connectivity index (χ0) is 21.2. The van der Waals surface area contributed by atoms with Crippen molar-refractivity contribution in [3.05, 3.63) is 52.9 Å². The molecule has 0 aliphatic carbocycles. The minimum atomic E-state index is -4.80. The SMILES string of the molecule is CC(CO)NC(=O)c1cc(-c2ccc(Cl)cn2)cc(-n2nnnc2C(F)(F)F)c1. The van der Waals surface area contributed by atoms with E-state index in [0.29, 0.717) is 21.0 Å². The minimum Gasteiger partial charge on any atom is -0.394 e. The molecule has 0 saturated carbocycles. The number of alkyl halides is 3. The summed E-state index contributed by atoms with van der Waals surface area (Å²) >= 11 is 5.83. The van der Waals surface area contributed by atoms with Crippen LogP contribution in [0.3, 0.4) is 0 Å². The van der Waals surface area contributed by atoms with Crippen LogP contribution in [0.1, 0.15) is 23.1 Å². The molecular weight excluding hydrogens is 413 g/mol. The van der Waals surface area contributed by atoms with E-state index in [1.54, 1.807) is 19.1 Å². The zero-order valence-electron chi connectivity index (χ0n) is 14.9. The number of hydrogen-bond donors (Lipinski definition) is 2. The molecule has 2 N–H and O–H groups in total. The van der Waals surface area contributed by atoms with E-state index in [4.69, 9.17) is 16.7 Å². The Morgan fingerprint density at radius 3 is 2.69 bits per heavy atom. The number of hydrogen-bond acceptors (Lipinski definition) is 6. The van der Waals surface area contributed by atoms with Crippen LogP contribution >= 0.6 is 11.6 Å². The summed E-state index contributed by atoms with van der Waals surface area (Å²) in [6.07, 6.45) is -3.43. The number of rotatable bonds is 5. The number of aliphatic hydroxyl groups excluding tert-OH is 1. The second kappa shape index (κ2) is 8.13. The lowest BCUT2D eigenvalue weighted by Crippen LogP contribution is -2.35. The van der Waals surface area contributed by atoms with Crippen LogP contribution in [0.2, 0.25) is 5.02 Å². The van der Waals surface area contributed by atoms with Gasteiger partial charge in [0, 0.05) is 23.4 Å². The number of halogens is 4. The highest BCUT2D eigenvalue weighted by Crippen LogP contribution is 2.30. The Bertz CT molecular complexity index is 1020. The summed E-state index contributed by atoms with van der Waals surface area (Å²) in [4.78, 5) is 16.6. The van der Waals surface area contributed by atoms with Crippen LogP contribution in [0.4, 0.5) is 13.2 Å². The van der Waals surface area contributed by atoms with Crippen molar-refractivity contribution in [2.24, 2.45) is 0 Å². The van der Waals surface area contributed by atoms with E-state index < -0.39 is 23.9 Å². The first kappa shape index (κ1) is 20.7. The summed E-state index contributed by atoms with van der Waals surface area (Å²) in [7, 11) is 0. The van der Waals surface area contributed by atoms with E-state index in [-0.39, 0.29) is 17.9 Å². The van der Waals surface area contributed by atoms with Gasteiger partial charge in [-0.1, -0.05) is 11.6 Å². The Labute approximate surface area is 167 Å². The molecule has 0 aliphatic rings. The Morgan fingerprint density at radius 2 is 2.07 bits per heavy atom. The predicted octanol–water partition coefficient (Wildman–Crippen LogP) is 2.51. The third-order valence-electron chi connectivity index (χ3n) is 3.82. The molecule has 2 heterocycles. The Morgan fingerprint density at radius 1 is 1.31 bits per heavy atom. The Kier molecular flexibility index (Phi) is 5.80. The highest BCUT2D eigenvalue weighted by molar-refractivity contribution is 6.30. The summed E-state index contributed by atoms with van der Waals surface area (Å²) in [6, 6.07) is 6.60. The van der Waals surface area contributed by atoms with Gasteiger partial charge in [0.15, 0.2) is 0 Å². The molecule has 2 aromatic heterocycles. The van der Waals surface area contributed by atoms with Crippen LogP contribution in [0.15, 0.2) is 36.5 Å². The zero-order valence-corrected chi connectivity index (χ0v) is 15.6. The molecule has 0 spiro atoms. The third kappa shape index (κ3) is 4.69. The third-order valence-corrected chi connectivity index (χ3v) is 4.05. The smallest absolute Gasteiger partial charge is 0.394 e. The van der Waals surface area contributed by atoms with E-state index in [2.05, 4.69) is 25.8 Å². The maximum atomic E-state index is 13.2. The summed E-state index contributed by atoms with van der Waals surface area (Å²) < 4.78 is 40.1. The second-order valence-electron chi connectivity index (χ2n) is 6.10. The van der Waals surface area contributed by atoms with Crippen LogP contribution in [-0.2, 0) is 6.18 Å². The van der Waals surface area contributed by atoms with Crippen LogP contribution in [-0.4, -0.2) is 48.9 Å². The molecule has 0 aliphatic heterocycles. The van der Waals surface area contributed by atoms with E-state index in [9.17, 15) is 18.0 Å². The molecular formula is C17H14ClF3N6O2. The molecule has 1 amide bonds. The number of carbonyl (C=O) groups excluding carboxylic acids is 1. The van der Waals surface area contributed by atoms with E-state index in [1.807, 2.05) is 0 Å². The minimum absolute atomic E-state index is 0.0400. The Balaban J connectivity index is 2.14. The van der Waals surface area contributed by atoms with E-state index in [0.717, 1.165) is 0 Å². The molecule has 152 valence electrons. The topological polar surface area (TPSA) is 106 Å². The summed E-state index contributed by atoms with van der Waals surface area (Å²) in [5.74, 6) is -1.93. The van der Waals surface area contributed by atoms with Gasteiger partial charge in [0.05, 0.1) is 23.0 Å². The molecule has 0 radical (unpaired) electrons. The summed E-state index contributed by atoms with van der Waals surface area (Å²) in [6.45, 7) is 1.27. The number of nitrogens with zero attached hydrogens (tertiary/aromatic N) is 5. The molecule has 12 heteroatoms. The molecule has 0 saturated heterocycles. The molecule has 1 aromatic carbocycles. The van der Waals surface area contributed by atoms with Gasteiger partial charge in [-0.25, -0.2) is 0 Å². The van der Waals surface area contributed by atoms with Crippen molar-refractivity contribution in [1.29, 1.82) is 0 Å². The van der Waals surface area contributed by atoms with Gasteiger partial charge in [-0.05, 0) is 47.7 Å². The quantitative estimate of drug-likeness (QED) is 0.649. The van der Waals surface area contributed by atoms with Crippen molar-refractivity contribution in [2.75, 3.05) is 6.61 Å². The normalized spacial score (nSPS) is 12.6. The van der Waals surface area contributed by atoms with E-state index in [1.165, 1.54) is 24.4 Å². The van der Waals surface area contributed by atoms with Gasteiger partial charge in [-0.15, -0.1) is 5.10 Å². The number of nitrogens with one attached hydrogen (secondary N) is 1. The lowest BCUT2D eigenvalue weighted by atomic mass is 10.0. The lowest BCUT2D eigenvalue weighted by Gasteiger charge is -2.14. The second-order valence-corrected chi connectivity index (χ2v) is 6.54. The number of benzene rings is 1. The van der Waals surface area contributed by atoms with Gasteiger partial charge in [0.1, 0.15) is 0 Å². The number of pyridine rings is 1. The van der Waals surface area contributed by atoms with Crippen molar-refractivity contribution >= 4 is 17.5 Å². The lowest BCUT2D eigenvalue weighted by molar-refractivity contribution is -0.146. The fourth-order valence-electron chi connectivity index (χ4n) is 2.45. The first-order valence-electron chi connectivity index (χ1n) is 8.23. The monoisotopic (exact) mass is 426 g/mol. The Hall–Kier alpha value is -3.05. The van der Waals surface area contributed by atoms with E-state index >= 15 is 0 Å². The predicted molar refractivity (Wildman–Crippen MR) is 96.4 cm³/mol.